The summed E-state index contributed by atoms with van der Waals surface area (Å²) in [7, 11) is 5.25. The Balaban J connectivity index is -0.000000484. The van der Waals surface area contributed by atoms with E-state index in [2.05, 4.69) is 42.0 Å². The molecule has 0 aromatic heterocycles. The summed E-state index contributed by atoms with van der Waals surface area (Å²) in [6, 6.07) is 1.87. The lowest BCUT2D eigenvalue weighted by Crippen LogP contribution is -3.00. The Bertz CT molecular complexity index is 720. The Morgan fingerprint density at radius 2 is 0.492 bits per heavy atom. The van der Waals surface area contributed by atoms with Crippen LogP contribution in [-0.4, -0.2) is 128 Å². The van der Waals surface area contributed by atoms with Gasteiger partial charge in [-0.2, -0.15) is 7.11 Å². The molecule has 0 unspecified atom stereocenters. The molecule has 59 heavy (non-hydrogen) atoms. The molecule has 0 amide bonds. The van der Waals surface area contributed by atoms with Gasteiger partial charge >= 0.3 is 17.6 Å². The number of unbranched alkanes of at least 4 members (excludes halogenated alkanes) is 18. The Morgan fingerprint density at radius 3 is 0.695 bits per heavy atom. The fourth-order valence-corrected chi connectivity index (χ4v) is 12.9. The quantitative estimate of drug-likeness (QED) is 0.0345. The average Bonchev–Trinajstić information content (AvgIpc) is 3.18. The zero-order valence-corrected chi connectivity index (χ0v) is 44.9. The highest BCUT2D eigenvalue weighted by molar-refractivity contribution is 6.61. The Morgan fingerprint density at radius 1 is 0.305 bits per heavy atom. The van der Waals surface area contributed by atoms with E-state index < -0.39 is 17.6 Å². The highest BCUT2D eigenvalue weighted by Gasteiger charge is 2.41. The number of hydrogen-bond donors (Lipinski definition) is 0. The van der Waals surface area contributed by atoms with E-state index in [1.807, 2.05) is 41.5 Å². The summed E-state index contributed by atoms with van der Waals surface area (Å²) >= 11 is 0. The van der Waals surface area contributed by atoms with Crippen molar-refractivity contribution in [1.82, 2.24) is 0 Å². The molecule has 0 aliphatic rings. The van der Waals surface area contributed by atoms with Gasteiger partial charge < -0.3 is 53.0 Å². The van der Waals surface area contributed by atoms with E-state index in [9.17, 15) is 0 Å². The van der Waals surface area contributed by atoms with Gasteiger partial charge in [-0.3, -0.25) is 0 Å². The predicted molar refractivity (Wildman–Crippen MR) is 253 cm³/mol. The third-order valence-electron chi connectivity index (χ3n) is 10.9. The first-order valence-corrected chi connectivity index (χ1v) is 28.6. The summed E-state index contributed by atoms with van der Waals surface area (Å²) in [4.78, 5) is 0. The summed E-state index contributed by atoms with van der Waals surface area (Å²) in [5, 5.41) is 8.25. The molecule has 0 fully saturated rings. The van der Waals surface area contributed by atoms with Crippen LogP contribution in [0.25, 0.3) is 0 Å². The van der Waals surface area contributed by atoms with Gasteiger partial charge in [0.15, 0.2) is 0 Å². The minimum Gasteiger partial charge on any atom is -1.00 e. The maximum absolute atomic E-state index is 8.25. The molecule has 0 rings (SSSR count). The summed E-state index contributed by atoms with van der Waals surface area (Å²) < 4.78 is 38.1. The molecule has 0 heterocycles. The van der Waals surface area contributed by atoms with Crippen LogP contribution in [0.15, 0.2) is 0 Å². The second-order valence-electron chi connectivity index (χ2n) is 17.3. The van der Waals surface area contributed by atoms with E-state index in [4.69, 9.17) is 31.7 Å². The smallest absolute Gasteiger partial charge is 0.501 e. The molecule has 0 spiro atoms. The van der Waals surface area contributed by atoms with Gasteiger partial charge in [-0.1, -0.05) is 117 Å². The minimum absolute atomic E-state index is 0. The van der Waals surface area contributed by atoms with Gasteiger partial charge in [-0.15, -0.1) is 0 Å². The van der Waals surface area contributed by atoms with E-state index in [0.29, 0.717) is 39.6 Å². The fourth-order valence-electron chi connectivity index (χ4n) is 7.73. The van der Waals surface area contributed by atoms with Crippen molar-refractivity contribution in [3.05, 3.63) is 0 Å². The van der Waals surface area contributed by atoms with Gasteiger partial charge in [0.25, 0.3) is 0 Å². The van der Waals surface area contributed by atoms with Gasteiger partial charge in [0, 0.05) is 64.6 Å². The van der Waals surface area contributed by atoms with E-state index in [1.165, 1.54) is 155 Å². The molecule has 0 saturated carbocycles. The zero-order valence-electron chi connectivity index (χ0n) is 42.2. The average molecular weight is 904 g/mol. The van der Waals surface area contributed by atoms with Crippen LogP contribution in [0, 0.1) is 0 Å². The largest absolute Gasteiger partial charge is 1.00 e. The second kappa shape index (κ2) is 46.4. The van der Waals surface area contributed by atoms with Crippen molar-refractivity contribution in [2.45, 2.75) is 209 Å². The molecular weight excluding hydrogens is 796 g/mol. The van der Waals surface area contributed by atoms with E-state index in [1.54, 1.807) is 0 Å². The maximum Gasteiger partial charge on any atom is 0.501 e. The van der Waals surface area contributed by atoms with Crippen molar-refractivity contribution in [1.29, 1.82) is 0 Å². The number of quaternary nitrogens is 2. The van der Waals surface area contributed by atoms with Gasteiger partial charge in [0.1, 0.15) is 0 Å². The van der Waals surface area contributed by atoms with Crippen LogP contribution in [0.5, 0.6) is 0 Å². The number of nitrogens with zero attached hydrogens (tertiary/aromatic N) is 2. The number of halogens is 1. The van der Waals surface area contributed by atoms with Crippen LogP contribution >= 0.6 is 0 Å². The third-order valence-corrected chi connectivity index (χ3v) is 17.2. The predicted octanol–water partition coefficient (Wildman–Crippen LogP) is 8.82. The molecular formula is C47H107ClN2O7Si2. The lowest BCUT2D eigenvalue weighted by Gasteiger charge is -2.32. The molecule has 0 saturated heterocycles. The van der Waals surface area contributed by atoms with Gasteiger partial charge in [-0.25, -0.2) is 0 Å². The Kier molecular flexibility index (Phi) is 51.8. The van der Waals surface area contributed by atoms with E-state index in [-0.39, 0.29) is 12.4 Å². The van der Waals surface area contributed by atoms with Crippen molar-refractivity contribution >= 4 is 17.6 Å². The Labute approximate surface area is 379 Å². The summed E-state index contributed by atoms with van der Waals surface area (Å²) in [6.45, 7) is 25.7. The van der Waals surface area contributed by atoms with Crippen molar-refractivity contribution in [3.63, 3.8) is 0 Å². The molecule has 9 nitrogen and oxygen atoms in total. The van der Waals surface area contributed by atoms with Crippen LogP contribution < -0.4 is 17.5 Å². The zero-order chi connectivity index (χ0) is 44.3. The van der Waals surface area contributed by atoms with Crippen molar-refractivity contribution in [2.24, 2.45) is 0 Å². The number of hydrogen-bond acceptors (Lipinski definition) is 7. The SMILES string of the molecule is CCCCCCCCCCCC[N+](C)(C)CCC[Si](OCC)(OCC)OCC.CCCCCCCCCCCC[N+](C)(C)CCC[Si](OCC)(OCC)OCC.C[O-].[Cl-]. The minimum atomic E-state index is -2.47. The normalized spacial score (nSPS) is 12.1. The van der Waals surface area contributed by atoms with Crippen LogP contribution in [0.4, 0.5) is 0 Å². The molecule has 0 atom stereocenters. The summed E-state index contributed by atoms with van der Waals surface area (Å²) in [5.74, 6) is 0. The maximum atomic E-state index is 8.25. The summed E-state index contributed by atoms with van der Waals surface area (Å²) in [5.41, 5.74) is 0. The fraction of sp³-hybridized carbons (Fsp3) is 1.00. The molecule has 0 N–H and O–H groups in total. The molecule has 12 heteroatoms. The lowest BCUT2D eigenvalue weighted by atomic mass is 10.1. The van der Waals surface area contributed by atoms with E-state index in [0.717, 1.165) is 41.0 Å². The molecule has 362 valence electrons. The van der Waals surface area contributed by atoms with Gasteiger partial charge in [0.05, 0.1) is 54.4 Å². The molecule has 0 radical (unpaired) electrons. The number of rotatable bonds is 42. The van der Waals surface area contributed by atoms with Crippen LogP contribution in [0.1, 0.15) is 197 Å². The molecule has 0 aromatic rings. The monoisotopic (exact) mass is 903 g/mol. The van der Waals surface area contributed by atoms with Crippen LogP contribution in [0.2, 0.25) is 12.1 Å². The first-order chi connectivity index (χ1) is 27.9. The highest BCUT2D eigenvalue weighted by atomic mass is 35.5. The summed E-state index contributed by atoms with van der Waals surface area (Å²) in [6.07, 6.45) is 30.3. The molecule has 0 aliphatic carbocycles. The van der Waals surface area contributed by atoms with Crippen molar-refractivity contribution < 1.29 is 53.0 Å². The Hall–Kier alpha value is 0.364. The van der Waals surface area contributed by atoms with Gasteiger partial charge in [-0.05, 0) is 67.2 Å². The molecule has 0 aromatic carbocycles. The highest BCUT2D eigenvalue weighted by Crippen LogP contribution is 2.21. The van der Waals surface area contributed by atoms with E-state index >= 15 is 0 Å². The van der Waals surface area contributed by atoms with Crippen LogP contribution in [-0.2, 0) is 26.6 Å². The second-order valence-corrected chi connectivity index (χ2v) is 22.8. The lowest BCUT2D eigenvalue weighted by molar-refractivity contribution is -0.890. The third kappa shape index (κ3) is 42.1. The topological polar surface area (TPSA) is 78.4 Å². The van der Waals surface area contributed by atoms with Crippen molar-refractivity contribution in [2.75, 3.05) is 101 Å². The first-order valence-electron chi connectivity index (χ1n) is 24.8. The molecule has 0 bridgehead atoms. The standard InChI is InChI=1S/2C23H52NO3Si.CH3O.ClH/c2*1-7-11-12-13-14-15-16-17-18-19-21-24(5,6)22-20-23-28(25-8-2,26-9-3)27-10-4;1-2;/h2*7-23H2,1-6H3;1H3;1H/q2*+1;-1;/p-1. The first kappa shape index (κ1) is 66.0. The molecule has 0 aliphatic heterocycles. The van der Waals surface area contributed by atoms with Gasteiger partial charge in [0.2, 0.25) is 0 Å². The van der Waals surface area contributed by atoms with Crippen molar-refractivity contribution in [3.8, 4) is 0 Å². The van der Waals surface area contributed by atoms with Crippen LogP contribution in [0.3, 0.4) is 0 Å².